The first kappa shape index (κ1) is 14.6. The number of nitrogens with zero attached hydrogens (tertiary/aromatic N) is 1. The molecule has 1 aromatic carbocycles. The summed E-state index contributed by atoms with van der Waals surface area (Å²) in [5.74, 6) is 0.741. The van der Waals surface area contributed by atoms with Crippen molar-refractivity contribution in [3.05, 3.63) is 34.9 Å². The van der Waals surface area contributed by atoms with Crippen LogP contribution in [0.4, 0.5) is 0 Å². The van der Waals surface area contributed by atoms with Gasteiger partial charge in [0.15, 0.2) is 0 Å². The number of halogens is 1. The Labute approximate surface area is 124 Å². The summed E-state index contributed by atoms with van der Waals surface area (Å²) < 4.78 is 3.50. The Morgan fingerprint density at radius 2 is 2.05 bits per heavy atom. The molecule has 0 aliphatic heterocycles. The van der Waals surface area contributed by atoms with Crippen LogP contribution in [0.5, 0.6) is 0 Å². The van der Waals surface area contributed by atoms with Crippen molar-refractivity contribution in [3.8, 4) is 0 Å². The number of nitrogens with one attached hydrogen (secondary N) is 1. The maximum Gasteiger partial charge on any atom is 0.0491 e. The summed E-state index contributed by atoms with van der Waals surface area (Å²) >= 11 is 3.54. The first-order chi connectivity index (χ1) is 9.16. The van der Waals surface area contributed by atoms with Gasteiger partial charge in [0.1, 0.15) is 0 Å². The minimum Gasteiger partial charge on any atom is -0.347 e. The van der Waals surface area contributed by atoms with Crippen molar-refractivity contribution in [2.24, 2.45) is 5.92 Å². The topological polar surface area (TPSA) is 17.0 Å². The molecule has 3 heteroatoms. The lowest BCUT2D eigenvalue weighted by Crippen LogP contribution is -2.20. The molecule has 0 amide bonds. The molecular weight excluding hydrogens is 300 g/mol. The molecule has 0 spiro atoms. The van der Waals surface area contributed by atoms with E-state index >= 15 is 0 Å². The van der Waals surface area contributed by atoms with Gasteiger partial charge in [-0.3, -0.25) is 0 Å². The molecule has 0 saturated heterocycles. The average molecular weight is 323 g/mol. The molecule has 1 aromatic heterocycles. The normalized spacial score (nSPS) is 11.6. The van der Waals surface area contributed by atoms with Crippen LogP contribution in [0.2, 0.25) is 0 Å². The molecule has 19 heavy (non-hydrogen) atoms. The fourth-order valence-corrected chi connectivity index (χ4v) is 2.62. The van der Waals surface area contributed by atoms with Gasteiger partial charge in [-0.05, 0) is 55.4 Å². The molecule has 1 N–H and O–H groups in total. The Bertz CT molecular complexity index is 516. The van der Waals surface area contributed by atoms with Gasteiger partial charge >= 0.3 is 0 Å². The molecule has 0 aliphatic rings. The first-order valence-electron chi connectivity index (χ1n) is 7.12. The van der Waals surface area contributed by atoms with Crippen LogP contribution in [-0.4, -0.2) is 17.7 Å². The summed E-state index contributed by atoms with van der Waals surface area (Å²) in [6.45, 7) is 7.84. The molecule has 2 aromatic rings. The fourth-order valence-electron chi connectivity index (χ4n) is 2.27. The van der Waals surface area contributed by atoms with Crippen LogP contribution >= 0.6 is 15.9 Å². The van der Waals surface area contributed by atoms with Crippen molar-refractivity contribution in [1.82, 2.24) is 9.88 Å². The number of benzene rings is 1. The van der Waals surface area contributed by atoms with Crippen molar-refractivity contribution in [1.29, 1.82) is 0 Å². The number of unbranched alkanes of at least 4 members (excludes halogenated alkanes) is 1. The predicted molar refractivity (Wildman–Crippen MR) is 86.6 cm³/mol. The largest absolute Gasteiger partial charge is 0.347 e. The summed E-state index contributed by atoms with van der Waals surface area (Å²) in [4.78, 5) is 0. The molecule has 0 radical (unpaired) electrons. The van der Waals surface area contributed by atoms with Crippen molar-refractivity contribution < 1.29 is 0 Å². The molecule has 1 heterocycles. The van der Waals surface area contributed by atoms with E-state index in [-0.39, 0.29) is 0 Å². The molecule has 104 valence electrons. The molecule has 0 atom stereocenters. The van der Waals surface area contributed by atoms with Crippen molar-refractivity contribution in [2.75, 3.05) is 13.1 Å². The van der Waals surface area contributed by atoms with Crippen molar-refractivity contribution >= 4 is 26.8 Å². The molecule has 0 fully saturated rings. The Hall–Kier alpha value is -0.800. The minimum absolute atomic E-state index is 0.741. The van der Waals surface area contributed by atoms with E-state index in [0.29, 0.717) is 0 Å². The Kier molecular flexibility index (Phi) is 5.46. The van der Waals surface area contributed by atoms with Crippen LogP contribution in [0.1, 0.15) is 26.7 Å². The lowest BCUT2D eigenvalue weighted by molar-refractivity contribution is 0.522. The smallest absolute Gasteiger partial charge is 0.0491 e. The molecular formula is C16H23BrN2. The maximum atomic E-state index is 3.54. The van der Waals surface area contributed by atoms with Gasteiger partial charge in [-0.15, -0.1) is 0 Å². The standard InChI is InChI=1S/C16H23BrN2/c1-13(2)12-18-8-3-4-9-19-10-7-14-5-6-15(17)11-16(14)19/h5-7,10-11,13,18H,3-4,8-9,12H2,1-2H3. The first-order valence-corrected chi connectivity index (χ1v) is 7.91. The quantitative estimate of drug-likeness (QED) is 0.746. The SMILES string of the molecule is CC(C)CNCCCCn1ccc2ccc(Br)cc21. The zero-order chi connectivity index (χ0) is 13.7. The molecule has 0 aliphatic carbocycles. The van der Waals surface area contributed by atoms with Crippen LogP contribution in [0.3, 0.4) is 0 Å². The van der Waals surface area contributed by atoms with Crippen LogP contribution in [0.25, 0.3) is 10.9 Å². The maximum absolute atomic E-state index is 3.54. The summed E-state index contributed by atoms with van der Waals surface area (Å²) in [6.07, 6.45) is 4.65. The molecule has 0 bridgehead atoms. The summed E-state index contributed by atoms with van der Waals surface area (Å²) in [7, 11) is 0. The van der Waals surface area contributed by atoms with Gasteiger partial charge in [-0.25, -0.2) is 0 Å². The van der Waals surface area contributed by atoms with E-state index in [0.717, 1.165) is 30.0 Å². The van der Waals surface area contributed by atoms with Crippen molar-refractivity contribution in [2.45, 2.75) is 33.2 Å². The average Bonchev–Trinajstić information content (AvgIpc) is 2.76. The third-order valence-electron chi connectivity index (χ3n) is 3.29. The van der Waals surface area contributed by atoms with Gasteiger partial charge in [-0.2, -0.15) is 0 Å². The third kappa shape index (κ3) is 4.36. The zero-order valence-electron chi connectivity index (χ0n) is 11.8. The summed E-state index contributed by atoms with van der Waals surface area (Å²) in [5.41, 5.74) is 1.32. The van der Waals surface area contributed by atoms with E-state index in [1.165, 1.54) is 23.7 Å². The fraction of sp³-hybridized carbons (Fsp3) is 0.500. The molecule has 0 saturated carbocycles. The molecule has 2 nitrogen and oxygen atoms in total. The van der Waals surface area contributed by atoms with E-state index in [4.69, 9.17) is 0 Å². The lowest BCUT2D eigenvalue weighted by Gasteiger charge is -2.08. The second kappa shape index (κ2) is 7.11. The van der Waals surface area contributed by atoms with Gasteiger partial charge < -0.3 is 9.88 Å². The highest BCUT2D eigenvalue weighted by molar-refractivity contribution is 9.10. The number of fused-ring (bicyclic) bond motifs is 1. The Morgan fingerprint density at radius 3 is 2.84 bits per heavy atom. The second-order valence-corrected chi connectivity index (χ2v) is 6.43. The number of rotatable bonds is 7. The third-order valence-corrected chi connectivity index (χ3v) is 3.78. The van der Waals surface area contributed by atoms with Gasteiger partial charge in [-0.1, -0.05) is 35.8 Å². The zero-order valence-corrected chi connectivity index (χ0v) is 13.4. The summed E-state index contributed by atoms with van der Waals surface area (Å²) in [5, 5.41) is 4.81. The van der Waals surface area contributed by atoms with Gasteiger partial charge in [0.2, 0.25) is 0 Å². The van der Waals surface area contributed by atoms with Crippen LogP contribution in [-0.2, 0) is 6.54 Å². The van der Waals surface area contributed by atoms with Crippen LogP contribution in [0, 0.1) is 5.92 Å². The van der Waals surface area contributed by atoms with E-state index in [1.807, 2.05) is 0 Å². The van der Waals surface area contributed by atoms with Gasteiger partial charge in [0.25, 0.3) is 0 Å². The lowest BCUT2D eigenvalue weighted by atomic mass is 10.2. The summed E-state index contributed by atoms with van der Waals surface area (Å²) in [6, 6.07) is 8.66. The Morgan fingerprint density at radius 1 is 1.21 bits per heavy atom. The number of hydrogen-bond acceptors (Lipinski definition) is 1. The molecule has 2 rings (SSSR count). The van der Waals surface area contributed by atoms with Crippen molar-refractivity contribution in [3.63, 3.8) is 0 Å². The van der Waals surface area contributed by atoms with Gasteiger partial charge in [0, 0.05) is 22.7 Å². The van der Waals surface area contributed by atoms with E-state index in [9.17, 15) is 0 Å². The van der Waals surface area contributed by atoms with E-state index in [2.05, 4.69) is 70.1 Å². The van der Waals surface area contributed by atoms with E-state index in [1.54, 1.807) is 0 Å². The molecule has 0 unspecified atom stereocenters. The second-order valence-electron chi connectivity index (χ2n) is 5.52. The number of hydrogen-bond donors (Lipinski definition) is 1. The Balaban J connectivity index is 1.80. The van der Waals surface area contributed by atoms with Gasteiger partial charge in [0.05, 0.1) is 0 Å². The van der Waals surface area contributed by atoms with Crippen LogP contribution in [0.15, 0.2) is 34.9 Å². The highest BCUT2D eigenvalue weighted by atomic mass is 79.9. The number of aryl methyl sites for hydroxylation is 1. The number of aromatic nitrogens is 1. The predicted octanol–water partition coefficient (Wildman–Crippen LogP) is 4.43. The van der Waals surface area contributed by atoms with E-state index < -0.39 is 0 Å². The monoisotopic (exact) mass is 322 g/mol. The highest BCUT2D eigenvalue weighted by Crippen LogP contribution is 2.21. The minimum atomic E-state index is 0.741. The highest BCUT2D eigenvalue weighted by Gasteiger charge is 2.01. The van der Waals surface area contributed by atoms with Crippen LogP contribution < -0.4 is 5.32 Å².